The average Bonchev–Trinajstić information content (AvgIpc) is 3.85. The maximum absolute atomic E-state index is 6.50. The summed E-state index contributed by atoms with van der Waals surface area (Å²) >= 11 is 1.85. The van der Waals surface area contributed by atoms with Crippen LogP contribution in [0.25, 0.3) is 86.6 Å². The number of thiophene rings is 1. The number of furan rings is 1. The highest BCUT2D eigenvalue weighted by molar-refractivity contribution is 7.25. The van der Waals surface area contributed by atoms with E-state index in [0.717, 1.165) is 61.3 Å². The van der Waals surface area contributed by atoms with Gasteiger partial charge in [0.15, 0.2) is 0 Å². The molecular weight excluding hydrogens is 711 g/mol. The number of benzene rings is 9. The van der Waals surface area contributed by atoms with E-state index in [-0.39, 0.29) is 0 Å². The highest BCUT2D eigenvalue weighted by atomic mass is 32.1. The van der Waals surface area contributed by atoms with Crippen molar-refractivity contribution in [3.05, 3.63) is 212 Å². The second kappa shape index (κ2) is 13.8. The minimum absolute atomic E-state index is 0.893. The molecule has 0 aliphatic heterocycles. The van der Waals surface area contributed by atoms with Gasteiger partial charge in [0.25, 0.3) is 0 Å². The Morgan fingerprint density at radius 2 is 0.895 bits per heavy atom. The molecule has 0 radical (unpaired) electrons. The summed E-state index contributed by atoms with van der Waals surface area (Å²) in [5, 5.41) is 4.84. The van der Waals surface area contributed by atoms with Crippen molar-refractivity contribution in [3.63, 3.8) is 0 Å². The molecule has 0 aliphatic rings. The highest BCUT2D eigenvalue weighted by Gasteiger charge is 2.19. The molecule has 0 N–H and O–H groups in total. The van der Waals surface area contributed by atoms with Crippen molar-refractivity contribution in [2.75, 3.05) is 4.90 Å². The average molecular weight is 746 g/mol. The SMILES string of the molecule is c1ccc(-c2ccc(N(c3ccc(-c4ccc5oc6c(-c7ccccc7)cccc6c5c4)cc3)c3ccc4c(c3)sc3ccccc34)cc2-c2ccccc2)cc1. The third kappa shape index (κ3) is 5.88. The van der Waals surface area contributed by atoms with E-state index in [1.807, 2.05) is 17.4 Å². The van der Waals surface area contributed by atoms with Gasteiger partial charge in [-0.05, 0) is 93.5 Å². The lowest BCUT2D eigenvalue weighted by Gasteiger charge is -2.27. The molecule has 0 saturated heterocycles. The van der Waals surface area contributed by atoms with Crippen LogP contribution in [0, 0.1) is 0 Å². The van der Waals surface area contributed by atoms with Crippen LogP contribution in [0.3, 0.4) is 0 Å². The van der Waals surface area contributed by atoms with Crippen LogP contribution in [0.15, 0.2) is 217 Å². The molecule has 57 heavy (non-hydrogen) atoms. The van der Waals surface area contributed by atoms with E-state index in [9.17, 15) is 0 Å². The van der Waals surface area contributed by atoms with E-state index in [2.05, 4.69) is 211 Å². The largest absolute Gasteiger partial charge is 0.455 e. The lowest BCUT2D eigenvalue weighted by atomic mass is 9.93. The van der Waals surface area contributed by atoms with Crippen LogP contribution in [0.2, 0.25) is 0 Å². The Labute approximate surface area is 335 Å². The Morgan fingerprint density at radius 3 is 1.65 bits per heavy atom. The molecule has 268 valence electrons. The van der Waals surface area contributed by atoms with Gasteiger partial charge >= 0.3 is 0 Å². The molecule has 0 atom stereocenters. The van der Waals surface area contributed by atoms with Crippen molar-refractivity contribution < 1.29 is 4.42 Å². The first kappa shape index (κ1) is 33.2. The predicted octanol–water partition coefficient (Wildman–Crippen LogP) is 16.1. The zero-order chi connectivity index (χ0) is 37.7. The number of nitrogens with zero attached hydrogens (tertiary/aromatic N) is 1. The van der Waals surface area contributed by atoms with Crippen molar-refractivity contribution in [1.29, 1.82) is 0 Å². The van der Waals surface area contributed by atoms with Gasteiger partial charge in [-0.15, -0.1) is 11.3 Å². The van der Waals surface area contributed by atoms with E-state index >= 15 is 0 Å². The summed E-state index contributed by atoms with van der Waals surface area (Å²) in [6.07, 6.45) is 0. The summed E-state index contributed by atoms with van der Waals surface area (Å²) in [7, 11) is 0. The minimum Gasteiger partial charge on any atom is -0.455 e. The monoisotopic (exact) mass is 745 g/mol. The second-order valence-corrected chi connectivity index (χ2v) is 15.6. The number of hydrogen-bond acceptors (Lipinski definition) is 3. The molecule has 2 nitrogen and oxygen atoms in total. The Balaban J connectivity index is 1.04. The van der Waals surface area contributed by atoms with Crippen molar-refractivity contribution in [2.45, 2.75) is 0 Å². The number of anilines is 3. The topological polar surface area (TPSA) is 16.4 Å². The smallest absolute Gasteiger partial charge is 0.143 e. The van der Waals surface area contributed by atoms with Crippen molar-refractivity contribution >= 4 is 70.5 Å². The maximum atomic E-state index is 6.50. The van der Waals surface area contributed by atoms with Crippen molar-refractivity contribution in [3.8, 4) is 44.5 Å². The van der Waals surface area contributed by atoms with Crippen LogP contribution in [-0.2, 0) is 0 Å². The summed E-state index contributed by atoms with van der Waals surface area (Å²) in [5.74, 6) is 0. The number of para-hydroxylation sites is 1. The molecule has 0 bridgehead atoms. The van der Waals surface area contributed by atoms with Crippen LogP contribution >= 0.6 is 11.3 Å². The zero-order valence-electron chi connectivity index (χ0n) is 31.0. The third-order valence-electron chi connectivity index (χ3n) is 11.1. The van der Waals surface area contributed by atoms with Gasteiger partial charge in [-0.2, -0.15) is 0 Å². The summed E-state index contributed by atoms with van der Waals surface area (Å²) in [6.45, 7) is 0. The fourth-order valence-electron chi connectivity index (χ4n) is 8.32. The highest BCUT2D eigenvalue weighted by Crippen LogP contribution is 2.44. The summed E-state index contributed by atoms with van der Waals surface area (Å²) in [6, 6.07) is 76.4. The maximum Gasteiger partial charge on any atom is 0.143 e. The fraction of sp³-hybridized carbons (Fsp3) is 0. The summed E-state index contributed by atoms with van der Waals surface area (Å²) < 4.78 is 9.08. The van der Waals surface area contributed by atoms with Gasteiger partial charge < -0.3 is 9.32 Å². The van der Waals surface area contributed by atoms with Crippen LogP contribution < -0.4 is 4.90 Å². The molecular formula is C54H35NOS. The van der Waals surface area contributed by atoms with Gasteiger partial charge in [-0.3, -0.25) is 0 Å². The Morgan fingerprint density at radius 1 is 0.316 bits per heavy atom. The van der Waals surface area contributed by atoms with E-state index < -0.39 is 0 Å². The lowest BCUT2D eigenvalue weighted by Crippen LogP contribution is -2.10. The predicted molar refractivity (Wildman–Crippen MR) is 243 cm³/mol. The molecule has 0 aliphatic carbocycles. The second-order valence-electron chi connectivity index (χ2n) is 14.5. The molecule has 0 fully saturated rings. The van der Waals surface area contributed by atoms with Crippen molar-refractivity contribution in [2.24, 2.45) is 0 Å². The number of hydrogen-bond donors (Lipinski definition) is 0. The van der Waals surface area contributed by atoms with Gasteiger partial charge in [-0.1, -0.05) is 158 Å². The van der Waals surface area contributed by atoms with Crippen LogP contribution in [0.4, 0.5) is 17.1 Å². The standard InChI is InChI=1S/C54H35NOS/c1-4-13-37(14-5-1)44-30-28-42(34-49(44)39-17-8-3-9-18-39)55(43-29-31-47-46-19-10-11-22-52(46)57-53(47)35-43)41-26-23-36(24-27-41)40-25-32-51-50(33-40)48-21-12-20-45(54(48)56-51)38-15-6-2-7-16-38/h1-35H. The third-order valence-corrected chi connectivity index (χ3v) is 12.2. The number of fused-ring (bicyclic) bond motifs is 6. The van der Waals surface area contributed by atoms with Gasteiger partial charge in [0.05, 0.1) is 0 Å². The van der Waals surface area contributed by atoms with Gasteiger partial charge in [0, 0.05) is 53.6 Å². The zero-order valence-corrected chi connectivity index (χ0v) is 31.8. The van der Waals surface area contributed by atoms with E-state index in [4.69, 9.17) is 4.42 Å². The first-order valence-electron chi connectivity index (χ1n) is 19.3. The molecule has 0 unspecified atom stereocenters. The van der Waals surface area contributed by atoms with Gasteiger partial charge in [0.2, 0.25) is 0 Å². The minimum atomic E-state index is 0.893. The van der Waals surface area contributed by atoms with Crippen LogP contribution in [0.5, 0.6) is 0 Å². The molecule has 0 amide bonds. The molecule has 2 heterocycles. The molecule has 11 rings (SSSR count). The summed E-state index contributed by atoms with van der Waals surface area (Å²) in [5.41, 5.74) is 14.5. The first-order chi connectivity index (χ1) is 28.2. The Kier molecular flexibility index (Phi) is 8.04. The van der Waals surface area contributed by atoms with Gasteiger partial charge in [0.1, 0.15) is 11.2 Å². The quantitative estimate of drug-likeness (QED) is 0.162. The number of rotatable bonds is 7. The van der Waals surface area contributed by atoms with Crippen LogP contribution in [0.1, 0.15) is 0 Å². The molecule has 2 aromatic heterocycles. The van der Waals surface area contributed by atoms with E-state index in [0.29, 0.717) is 0 Å². The van der Waals surface area contributed by atoms with Crippen LogP contribution in [-0.4, -0.2) is 0 Å². The molecule has 9 aromatic carbocycles. The van der Waals surface area contributed by atoms with Crippen molar-refractivity contribution in [1.82, 2.24) is 0 Å². The first-order valence-corrected chi connectivity index (χ1v) is 20.1. The lowest BCUT2D eigenvalue weighted by molar-refractivity contribution is 0.670. The fourth-order valence-corrected chi connectivity index (χ4v) is 9.46. The Hall–Kier alpha value is -7.20. The van der Waals surface area contributed by atoms with E-state index in [1.165, 1.54) is 42.4 Å². The molecule has 0 spiro atoms. The van der Waals surface area contributed by atoms with E-state index in [1.54, 1.807) is 0 Å². The van der Waals surface area contributed by atoms with Gasteiger partial charge in [-0.25, -0.2) is 0 Å². The molecule has 11 aromatic rings. The molecule has 3 heteroatoms. The summed E-state index contributed by atoms with van der Waals surface area (Å²) in [4.78, 5) is 2.40. The Bertz CT molecular complexity index is 3220. The normalized spacial score (nSPS) is 11.5. The molecule has 0 saturated carbocycles.